The Labute approximate surface area is 103 Å². The van der Waals surface area contributed by atoms with Crippen molar-refractivity contribution in [1.82, 2.24) is 14.8 Å². The van der Waals surface area contributed by atoms with Crippen LogP contribution in [0.1, 0.15) is 12.8 Å². The van der Waals surface area contributed by atoms with Crippen LogP contribution >= 0.6 is 0 Å². The van der Waals surface area contributed by atoms with Crippen molar-refractivity contribution in [2.75, 3.05) is 33.7 Å². The first-order valence-corrected chi connectivity index (χ1v) is 6.21. The summed E-state index contributed by atoms with van der Waals surface area (Å²) in [7, 11) is 4.19. The highest BCUT2D eigenvalue weighted by Gasteiger charge is 1.94. The quantitative estimate of drug-likeness (QED) is 0.679. The number of rotatable bonds is 8. The minimum absolute atomic E-state index is 0.0712. The highest BCUT2D eigenvalue weighted by molar-refractivity contribution is 4.93. The molecule has 1 heterocycles. The first kappa shape index (κ1) is 13.9. The molecule has 0 atom stereocenters. The molecule has 0 unspecified atom stereocenters. The second-order valence-electron chi connectivity index (χ2n) is 4.49. The molecule has 1 rings (SSSR count). The Balaban J connectivity index is 2.05. The van der Waals surface area contributed by atoms with Gasteiger partial charge in [0.2, 0.25) is 0 Å². The van der Waals surface area contributed by atoms with Crippen molar-refractivity contribution in [3.05, 3.63) is 34.7 Å². The van der Waals surface area contributed by atoms with E-state index in [2.05, 4.69) is 24.3 Å². The van der Waals surface area contributed by atoms with Crippen LogP contribution in [0.25, 0.3) is 0 Å². The molecule has 0 saturated carbocycles. The summed E-state index contributed by atoms with van der Waals surface area (Å²) >= 11 is 0. The molecule has 0 bridgehead atoms. The zero-order chi connectivity index (χ0) is 12.5. The molecule has 0 saturated heterocycles. The van der Waals surface area contributed by atoms with Crippen molar-refractivity contribution in [3.63, 3.8) is 0 Å². The Morgan fingerprint density at radius 1 is 1.24 bits per heavy atom. The summed E-state index contributed by atoms with van der Waals surface area (Å²) in [4.78, 5) is 13.6. The lowest BCUT2D eigenvalue weighted by molar-refractivity contribution is 0.391. The zero-order valence-corrected chi connectivity index (χ0v) is 10.9. The normalized spacial score (nSPS) is 11.0. The van der Waals surface area contributed by atoms with Gasteiger partial charge in [-0.1, -0.05) is 6.07 Å². The molecule has 1 aromatic heterocycles. The highest BCUT2D eigenvalue weighted by atomic mass is 16.1. The van der Waals surface area contributed by atoms with Gasteiger partial charge in [0.15, 0.2) is 0 Å². The van der Waals surface area contributed by atoms with E-state index in [4.69, 9.17) is 0 Å². The number of nitrogens with one attached hydrogen (secondary N) is 1. The fourth-order valence-electron chi connectivity index (χ4n) is 1.65. The lowest BCUT2D eigenvalue weighted by atomic mass is 10.3. The SMILES string of the molecule is CN(C)CCCCNCCn1ccccc1=O. The van der Waals surface area contributed by atoms with E-state index in [9.17, 15) is 4.79 Å². The Morgan fingerprint density at radius 2 is 2.06 bits per heavy atom. The van der Waals surface area contributed by atoms with Gasteiger partial charge in [0.25, 0.3) is 5.56 Å². The second-order valence-corrected chi connectivity index (χ2v) is 4.49. The highest BCUT2D eigenvalue weighted by Crippen LogP contribution is 1.88. The monoisotopic (exact) mass is 237 g/mol. The molecule has 0 fully saturated rings. The van der Waals surface area contributed by atoms with E-state index in [1.165, 1.54) is 12.8 Å². The molecule has 0 aliphatic carbocycles. The number of unbranched alkanes of at least 4 members (excludes halogenated alkanes) is 1. The molecule has 0 aromatic carbocycles. The predicted molar refractivity (Wildman–Crippen MR) is 71.4 cm³/mol. The fourth-order valence-corrected chi connectivity index (χ4v) is 1.65. The van der Waals surface area contributed by atoms with Gasteiger partial charge < -0.3 is 14.8 Å². The average molecular weight is 237 g/mol. The summed E-state index contributed by atoms with van der Waals surface area (Å²) in [5.74, 6) is 0. The van der Waals surface area contributed by atoms with Gasteiger partial charge in [0.1, 0.15) is 0 Å². The maximum atomic E-state index is 11.4. The third-order valence-electron chi connectivity index (χ3n) is 2.64. The first-order chi connectivity index (χ1) is 8.20. The van der Waals surface area contributed by atoms with Crippen LogP contribution in [0.2, 0.25) is 0 Å². The van der Waals surface area contributed by atoms with E-state index in [1.807, 2.05) is 12.3 Å². The number of pyridine rings is 1. The summed E-state index contributed by atoms with van der Waals surface area (Å²) < 4.78 is 1.73. The van der Waals surface area contributed by atoms with Crippen LogP contribution < -0.4 is 10.9 Å². The summed E-state index contributed by atoms with van der Waals surface area (Å²) in [6.45, 7) is 3.76. The Morgan fingerprint density at radius 3 is 2.76 bits per heavy atom. The molecule has 0 spiro atoms. The molecule has 4 nitrogen and oxygen atoms in total. The van der Waals surface area contributed by atoms with Gasteiger partial charge in [-0.25, -0.2) is 0 Å². The van der Waals surface area contributed by atoms with Crippen LogP contribution in [-0.2, 0) is 6.54 Å². The van der Waals surface area contributed by atoms with Gasteiger partial charge in [-0.2, -0.15) is 0 Å². The molecule has 0 aliphatic heterocycles. The lowest BCUT2D eigenvalue weighted by Gasteiger charge is -2.09. The number of hydrogen-bond acceptors (Lipinski definition) is 3. The molecule has 0 aliphatic rings. The fraction of sp³-hybridized carbons (Fsp3) is 0.615. The molecule has 4 heteroatoms. The van der Waals surface area contributed by atoms with E-state index < -0.39 is 0 Å². The zero-order valence-electron chi connectivity index (χ0n) is 10.9. The van der Waals surface area contributed by atoms with Crippen molar-refractivity contribution in [3.8, 4) is 0 Å². The molecule has 17 heavy (non-hydrogen) atoms. The largest absolute Gasteiger partial charge is 0.315 e. The van der Waals surface area contributed by atoms with Crippen LogP contribution in [0.5, 0.6) is 0 Å². The maximum absolute atomic E-state index is 11.4. The standard InChI is InChI=1S/C13H23N3O/c1-15(2)10-6-4-8-14-9-12-16-11-5-3-7-13(16)17/h3,5,7,11,14H,4,6,8-10,12H2,1-2H3. The van der Waals surface area contributed by atoms with Crippen LogP contribution in [0, 0.1) is 0 Å². The van der Waals surface area contributed by atoms with E-state index in [0.29, 0.717) is 0 Å². The van der Waals surface area contributed by atoms with Crippen molar-refractivity contribution in [2.45, 2.75) is 19.4 Å². The summed E-state index contributed by atoms with van der Waals surface area (Å²) in [5, 5.41) is 3.36. The molecule has 0 amide bonds. The summed E-state index contributed by atoms with van der Waals surface area (Å²) in [6.07, 6.45) is 4.23. The Bertz CT molecular complexity index is 360. The minimum atomic E-state index is 0.0712. The van der Waals surface area contributed by atoms with E-state index in [1.54, 1.807) is 16.7 Å². The van der Waals surface area contributed by atoms with E-state index >= 15 is 0 Å². The van der Waals surface area contributed by atoms with Gasteiger partial charge in [-0.15, -0.1) is 0 Å². The molecule has 1 N–H and O–H groups in total. The molecule has 96 valence electrons. The topological polar surface area (TPSA) is 37.3 Å². The van der Waals surface area contributed by atoms with Gasteiger partial charge in [0.05, 0.1) is 0 Å². The van der Waals surface area contributed by atoms with Gasteiger partial charge in [-0.05, 0) is 46.1 Å². The van der Waals surface area contributed by atoms with Crippen LogP contribution in [0.3, 0.4) is 0 Å². The third-order valence-corrected chi connectivity index (χ3v) is 2.64. The van der Waals surface area contributed by atoms with Crippen LogP contribution in [0.15, 0.2) is 29.2 Å². The average Bonchev–Trinajstić information content (AvgIpc) is 2.30. The number of nitrogens with zero attached hydrogens (tertiary/aromatic N) is 2. The van der Waals surface area contributed by atoms with Gasteiger partial charge >= 0.3 is 0 Å². The van der Waals surface area contributed by atoms with Crippen LogP contribution in [-0.4, -0.2) is 43.2 Å². The smallest absolute Gasteiger partial charge is 0.250 e. The Kier molecular flexibility index (Phi) is 6.58. The molecular formula is C13H23N3O. The van der Waals surface area contributed by atoms with Crippen molar-refractivity contribution >= 4 is 0 Å². The van der Waals surface area contributed by atoms with E-state index in [0.717, 1.165) is 26.2 Å². The van der Waals surface area contributed by atoms with Crippen LogP contribution in [0.4, 0.5) is 0 Å². The van der Waals surface area contributed by atoms with Crippen molar-refractivity contribution in [2.24, 2.45) is 0 Å². The molecule has 1 aromatic rings. The number of aromatic nitrogens is 1. The molecular weight excluding hydrogens is 214 g/mol. The summed E-state index contributed by atoms with van der Waals surface area (Å²) in [6, 6.07) is 5.25. The first-order valence-electron chi connectivity index (χ1n) is 6.21. The number of hydrogen-bond donors (Lipinski definition) is 1. The molecule has 0 radical (unpaired) electrons. The third kappa shape index (κ3) is 6.24. The summed E-state index contributed by atoms with van der Waals surface area (Å²) in [5.41, 5.74) is 0.0712. The Hall–Kier alpha value is -1.13. The van der Waals surface area contributed by atoms with Crippen molar-refractivity contribution in [1.29, 1.82) is 0 Å². The van der Waals surface area contributed by atoms with Gasteiger partial charge in [0, 0.05) is 25.4 Å². The lowest BCUT2D eigenvalue weighted by Crippen LogP contribution is -2.27. The minimum Gasteiger partial charge on any atom is -0.315 e. The second kappa shape index (κ2) is 8.03. The van der Waals surface area contributed by atoms with Gasteiger partial charge in [-0.3, -0.25) is 4.79 Å². The van der Waals surface area contributed by atoms with Crippen molar-refractivity contribution < 1.29 is 0 Å². The van der Waals surface area contributed by atoms with E-state index in [-0.39, 0.29) is 5.56 Å². The predicted octanol–water partition coefficient (Wildman–Crippen LogP) is 0.780. The maximum Gasteiger partial charge on any atom is 0.250 e.